The van der Waals surface area contributed by atoms with Crippen LogP contribution in [0, 0.1) is 10.1 Å². The number of ketones is 1. The molecule has 0 aliphatic heterocycles. The number of nitrogens with one attached hydrogen (secondary N) is 1. The highest BCUT2D eigenvalue weighted by Crippen LogP contribution is 2.24. The fourth-order valence-corrected chi connectivity index (χ4v) is 2.75. The molecule has 0 radical (unpaired) electrons. The Balaban J connectivity index is 1.85. The number of nitro groups is 1. The van der Waals surface area contributed by atoms with Gasteiger partial charge in [0, 0.05) is 34.1 Å². The van der Waals surface area contributed by atoms with Crippen LogP contribution in [0.1, 0.15) is 15.9 Å². The molecule has 0 spiro atoms. The molecule has 3 aromatic rings. The van der Waals surface area contributed by atoms with Gasteiger partial charge in [0.05, 0.1) is 4.92 Å². The zero-order valence-electron chi connectivity index (χ0n) is 10.8. The standard InChI is InChI=1S/C15H10N2O3S/c18-14(6-5-10-7-15(17(19)20)21-9-10)12-8-16-13-4-2-1-3-11(12)13/h1-9,16H. The molecule has 0 aliphatic rings. The van der Waals surface area contributed by atoms with Gasteiger partial charge >= 0.3 is 5.00 Å². The van der Waals surface area contributed by atoms with Gasteiger partial charge in [-0.3, -0.25) is 14.9 Å². The molecule has 0 amide bonds. The first-order chi connectivity index (χ1) is 10.1. The number of nitrogens with zero attached hydrogens (tertiary/aromatic N) is 1. The van der Waals surface area contributed by atoms with Gasteiger partial charge in [-0.2, -0.15) is 0 Å². The maximum absolute atomic E-state index is 12.2. The van der Waals surface area contributed by atoms with Gasteiger partial charge in [0.1, 0.15) is 0 Å². The van der Waals surface area contributed by atoms with Crippen LogP contribution >= 0.6 is 11.3 Å². The lowest BCUT2D eigenvalue weighted by Gasteiger charge is -1.92. The Morgan fingerprint density at radius 1 is 1.33 bits per heavy atom. The Hall–Kier alpha value is -2.73. The quantitative estimate of drug-likeness (QED) is 0.342. The van der Waals surface area contributed by atoms with Crippen LogP contribution in [-0.4, -0.2) is 15.7 Å². The molecular formula is C15H10N2O3S. The predicted molar refractivity (Wildman–Crippen MR) is 82.6 cm³/mol. The Bertz CT molecular complexity index is 861. The molecule has 0 bridgehead atoms. The number of carbonyl (C=O) groups excluding carboxylic acids is 1. The SMILES string of the molecule is O=C(C=Cc1csc([N+](=O)[O-])c1)c1c[nH]c2ccccc12. The first-order valence-corrected chi connectivity index (χ1v) is 7.04. The maximum atomic E-state index is 12.2. The molecule has 6 heteroatoms. The zero-order chi connectivity index (χ0) is 14.8. The number of carbonyl (C=O) groups is 1. The fraction of sp³-hybridized carbons (Fsp3) is 0. The smallest absolute Gasteiger partial charge is 0.324 e. The van der Waals surface area contributed by atoms with E-state index in [-0.39, 0.29) is 10.8 Å². The molecule has 0 saturated heterocycles. The highest BCUT2D eigenvalue weighted by Gasteiger charge is 2.10. The normalized spacial score (nSPS) is 11.2. The third-order valence-electron chi connectivity index (χ3n) is 3.07. The Kier molecular flexibility index (Phi) is 3.37. The van der Waals surface area contributed by atoms with E-state index in [0.717, 1.165) is 22.2 Å². The van der Waals surface area contributed by atoms with Crippen molar-refractivity contribution >= 4 is 39.1 Å². The second-order valence-electron chi connectivity index (χ2n) is 4.42. The number of H-pyrrole nitrogens is 1. The predicted octanol–water partition coefficient (Wildman–Crippen LogP) is 4.03. The van der Waals surface area contributed by atoms with Gasteiger partial charge in [0.2, 0.25) is 0 Å². The van der Waals surface area contributed by atoms with Crippen molar-refractivity contribution in [1.82, 2.24) is 4.98 Å². The molecule has 2 aromatic heterocycles. The Labute approximate surface area is 123 Å². The van der Waals surface area contributed by atoms with Crippen molar-refractivity contribution in [3.05, 3.63) is 69.2 Å². The molecule has 1 aromatic carbocycles. The third kappa shape index (κ3) is 2.61. The van der Waals surface area contributed by atoms with E-state index in [1.165, 1.54) is 12.1 Å². The molecule has 3 rings (SSSR count). The van der Waals surface area contributed by atoms with Crippen LogP contribution in [0.15, 0.2) is 48.0 Å². The van der Waals surface area contributed by atoms with Crippen LogP contribution in [0.2, 0.25) is 0 Å². The summed E-state index contributed by atoms with van der Waals surface area (Å²) in [6.07, 6.45) is 4.70. The van der Waals surface area contributed by atoms with Crippen molar-refractivity contribution < 1.29 is 9.72 Å². The van der Waals surface area contributed by atoms with Gasteiger partial charge in [-0.15, -0.1) is 0 Å². The van der Waals surface area contributed by atoms with Crippen LogP contribution in [0.3, 0.4) is 0 Å². The van der Waals surface area contributed by atoms with E-state index in [1.807, 2.05) is 24.3 Å². The second kappa shape index (κ2) is 5.34. The number of hydrogen-bond acceptors (Lipinski definition) is 4. The summed E-state index contributed by atoms with van der Waals surface area (Å²) in [5.41, 5.74) is 2.15. The summed E-state index contributed by atoms with van der Waals surface area (Å²) in [5, 5.41) is 13.2. The van der Waals surface area contributed by atoms with Crippen molar-refractivity contribution in [2.45, 2.75) is 0 Å². The lowest BCUT2D eigenvalue weighted by molar-refractivity contribution is -0.380. The van der Waals surface area contributed by atoms with Gasteiger partial charge in [-0.05, 0) is 23.8 Å². The minimum Gasteiger partial charge on any atom is -0.360 e. The molecule has 0 saturated carbocycles. The van der Waals surface area contributed by atoms with Crippen molar-refractivity contribution in [3.8, 4) is 0 Å². The van der Waals surface area contributed by atoms with E-state index in [9.17, 15) is 14.9 Å². The van der Waals surface area contributed by atoms with E-state index in [1.54, 1.807) is 17.7 Å². The van der Waals surface area contributed by atoms with Gasteiger partial charge in [-0.25, -0.2) is 0 Å². The van der Waals surface area contributed by atoms with Gasteiger partial charge in [0.15, 0.2) is 5.78 Å². The average Bonchev–Trinajstić information content (AvgIpc) is 3.11. The van der Waals surface area contributed by atoms with Crippen molar-refractivity contribution in [3.63, 3.8) is 0 Å². The highest BCUT2D eigenvalue weighted by atomic mass is 32.1. The van der Waals surface area contributed by atoms with Crippen molar-refractivity contribution in [2.75, 3.05) is 0 Å². The number of aromatic amines is 1. The topological polar surface area (TPSA) is 76.0 Å². The van der Waals surface area contributed by atoms with Gasteiger partial charge < -0.3 is 4.98 Å². The van der Waals surface area contributed by atoms with Gasteiger partial charge in [0.25, 0.3) is 0 Å². The zero-order valence-corrected chi connectivity index (χ0v) is 11.6. The lowest BCUT2D eigenvalue weighted by Crippen LogP contribution is -1.91. The number of fused-ring (bicyclic) bond motifs is 1. The second-order valence-corrected chi connectivity index (χ2v) is 5.31. The molecule has 1 N–H and O–H groups in total. The summed E-state index contributed by atoms with van der Waals surface area (Å²) in [5.74, 6) is -0.138. The highest BCUT2D eigenvalue weighted by molar-refractivity contribution is 7.13. The molecule has 0 fully saturated rings. The number of para-hydroxylation sites is 1. The minimum absolute atomic E-state index is 0.0641. The van der Waals surface area contributed by atoms with Crippen LogP contribution in [0.25, 0.3) is 17.0 Å². The average molecular weight is 298 g/mol. The molecule has 2 heterocycles. The minimum atomic E-state index is -0.441. The summed E-state index contributed by atoms with van der Waals surface area (Å²) in [6, 6.07) is 9.00. The van der Waals surface area contributed by atoms with Crippen LogP contribution < -0.4 is 0 Å². The Morgan fingerprint density at radius 2 is 2.14 bits per heavy atom. The monoisotopic (exact) mass is 298 g/mol. The number of thiophene rings is 1. The summed E-state index contributed by atoms with van der Waals surface area (Å²) in [6.45, 7) is 0. The van der Waals surface area contributed by atoms with E-state index in [4.69, 9.17) is 0 Å². The summed E-state index contributed by atoms with van der Waals surface area (Å²) in [7, 11) is 0. The van der Waals surface area contributed by atoms with Gasteiger partial charge in [-0.1, -0.05) is 29.5 Å². The summed E-state index contributed by atoms with van der Waals surface area (Å²) >= 11 is 1.04. The fourth-order valence-electron chi connectivity index (χ4n) is 2.06. The number of hydrogen-bond donors (Lipinski definition) is 1. The summed E-state index contributed by atoms with van der Waals surface area (Å²) in [4.78, 5) is 25.4. The number of allylic oxidation sites excluding steroid dienone is 1. The molecule has 104 valence electrons. The number of benzene rings is 1. The van der Waals surface area contributed by atoms with E-state index in [2.05, 4.69) is 4.98 Å². The van der Waals surface area contributed by atoms with Crippen LogP contribution in [-0.2, 0) is 0 Å². The van der Waals surface area contributed by atoms with Crippen molar-refractivity contribution in [1.29, 1.82) is 0 Å². The largest absolute Gasteiger partial charge is 0.360 e. The molecule has 0 atom stereocenters. The van der Waals surface area contributed by atoms with Crippen LogP contribution in [0.5, 0.6) is 0 Å². The first kappa shape index (κ1) is 13.3. The van der Waals surface area contributed by atoms with E-state index < -0.39 is 4.92 Å². The third-order valence-corrected chi connectivity index (χ3v) is 3.97. The molecule has 21 heavy (non-hydrogen) atoms. The maximum Gasteiger partial charge on any atom is 0.324 e. The van der Waals surface area contributed by atoms with E-state index in [0.29, 0.717) is 11.1 Å². The molecule has 0 unspecified atom stereocenters. The van der Waals surface area contributed by atoms with E-state index >= 15 is 0 Å². The number of aromatic nitrogens is 1. The molecule has 0 aliphatic carbocycles. The van der Waals surface area contributed by atoms with Crippen molar-refractivity contribution in [2.24, 2.45) is 0 Å². The molecular weight excluding hydrogens is 288 g/mol. The number of rotatable bonds is 4. The Morgan fingerprint density at radius 3 is 2.90 bits per heavy atom. The molecule has 5 nitrogen and oxygen atoms in total. The first-order valence-electron chi connectivity index (χ1n) is 6.16. The lowest BCUT2D eigenvalue weighted by atomic mass is 10.1. The van der Waals surface area contributed by atoms with Crippen LogP contribution in [0.4, 0.5) is 5.00 Å². The summed E-state index contributed by atoms with van der Waals surface area (Å²) < 4.78 is 0.